The fraction of sp³-hybridized carbons (Fsp3) is 0.500. The van der Waals surface area contributed by atoms with E-state index < -0.39 is 0 Å². The van der Waals surface area contributed by atoms with Crippen LogP contribution in [0.1, 0.15) is 42.5 Å². The van der Waals surface area contributed by atoms with Crippen LogP contribution in [0.5, 0.6) is 0 Å². The number of carbonyl (C=O) groups excluding carboxylic acids is 1. The molecule has 2 aromatic heterocycles. The SMILES string of the molecule is O=C(NCc1cnn(CC2CCC2)c1)Nc1ccc2c(n1)CCC2. The lowest BCUT2D eigenvalue weighted by atomic mass is 9.85. The zero-order valence-corrected chi connectivity index (χ0v) is 13.8. The van der Waals surface area contributed by atoms with Gasteiger partial charge in [0.2, 0.25) is 0 Å². The summed E-state index contributed by atoms with van der Waals surface area (Å²) in [5.41, 5.74) is 3.44. The molecule has 2 N–H and O–H groups in total. The highest BCUT2D eigenvalue weighted by molar-refractivity contribution is 5.88. The molecule has 6 nitrogen and oxygen atoms in total. The monoisotopic (exact) mass is 325 g/mol. The van der Waals surface area contributed by atoms with Gasteiger partial charge in [0.25, 0.3) is 0 Å². The molecule has 1 fully saturated rings. The molecule has 0 bridgehead atoms. The average molecular weight is 325 g/mol. The van der Waals surface area contributed by atoms with E-state index >= 15 is 0 Å². The Hall–Kier alpha value is -2.37. The Morgan fingerprint density at radius 3 is 3.00 bits per heavy atom. The smallest absolute Gasteiger partial charge is 0.320 e. The van der Waals surface area contributed by atoms with E-state index in [1.165, 1.54) is 24.8 Å². The molecule has 0 aliphatic heterocycles. The summed E-state index contributed by atoms with van der Waals surface area (Å²) < 4.78 is 1.99. The zero-order valence-electron chi connectivity index (χ0n) is 13.8. The molecule has 126 valence electrons. The minimum absolute atomic E-state index is 0.229. The summed E-state index contributed by atoms with van der Waals surface area (Å²) in [6.07, 6.45) is 11.1. The second kappa shape index (κ2) is 6.63. The van der Waals surface area contributed by atoms with Gasteiger partial charge in [0.15, 0.2) is 0 Å². The van der Waals surface area contributed by atoms with Gasteiger partial charge in [-0.1, -0.05) is 12.5 Å². The number of aromatic nitrogens is 3. The normalized spacial score (nSPS) is 16.5. The highest BCUT2D eigenvalue weighted by Crippen LogP contribution is 2.27. The molecule has 0 radical (unpaired) electrons. The summed E-state index contributed by atoms with van der Waals surface area (Å²) in [7, 11) is 0. The van der Waals surface area contributed by atoms with Gasteiger partial charge >= 0.3 is 6.03 Å². The fourth-order valence-electron chi connectivity index (χ4n) is 3.37. The molecule has 0 saturated heterocycles. The lowest BCUT2D eigenvalue weighted by Gasteiger charge is -2.24. The van der Waals surface area contributed by atoms with Crippen LogP contribution in [0.25, 0.3) is 0 Å². The van der Waals surface area contributed by atoms with Gasteiger partial charge in [0.05, 0.1) is 6.20 Å². The number of nitrogens with zero attached hydrogens (tertiary/aromatic N) is 3. The molecule has 2 amide bonds. The number of hydrogen-bond donors (Lipinski definition) is 2. The van der Waals surface area contributed by atoms with Crippen LogP contribution in [0.15, 0.2) is 24.5 Å². The molecule has 0 unspecified atom stereocenters. The van der Waals surface area contributed by atoms with Gasteiger partial charge in [-0.2, -0.15) is 5.10 Å². The van der Waals surface area contributed by atoms with Crippen LogP contribution in [0.3, 0.4) is 0 Å². The molecular weight excluding hydrogens is 302 g/mol. The highest BCUT2D eigenvalue weighted by atomic mass is 16.2. The third kappa shape index (κ3) is 3.42. The molecule has 2 aliphatic rings. The minimum Gasteiger partial charge on any atom is -0.334 e. The molecule has 6 heteroatoms. The number of anilines is 1. The maximum atomic E-state index is 12.0. The fourth-order valence-corrected chi connectivity index (χ4v) is 3.37. The van der Waals surface area contributed by atoms with E-state index in [4.69, 9.17) is 0 Å². The molecule has 0 spiro atoms. The molecule has 24 heavy (non-hydrogen) atoms. The second-order valence-corrected chi connectivity index (χ2v) is 6.83. The summed E-state index contributed by atoms with van der Waals surface area (Å²) in [5, 5.41) is 10.0. The van der Waals surface area contributed by atoms with E-state index in [-0.39, 0.29) is 6.03 Å². The van der Waals surface area contributed by atoms with E-state index in [9.17, 15) is 4.79 Å². The summed E-state index contributed by atoms with van der Waals surface area (Å²) in [5.74, 6) is 1.40. The first-order valence-corrected chi connectivity index (χ1v) is 8.81. The maximum absolute atomic E-state index is 12.0. The van der Waals surface area contributed by atoms with Crippen LogP contribution >= 0.6 is 0 Å². The van der Waals surface area contributed by atoms with Gasteiger partial charge in [-0.3, -0.25) is 10.00 Å². The average Bonchev–Trinajstić information content (AvgIpc) is 3.17. The predicted octanol–water partition coefficient (Wildman–Crippen LogP) is 2.89. The second-order valence-electron chi connectivity index (χ2n) is 6.83. The van der Waals surface area contributed by atoms with Crippen molar-refractivity contribution in [3.05, 3.63) is 41.3 Å². The van der Waals surface area contributed by atoms with E-state index in [1.807, 2.05) is 23.1 Å². The summed E-state index contributed by atoms with van der Waals surface area (Å²) in [4.78, 5) is 16.5. The van der Waals surface area contributed by atoms with Gasteiger partial charge in [0.1, 0.15) is 5.82 Å². The van der Waals surface area contributed by atoms with E-state index in [1.54, 1.807) is 0 Å². The number of carbonyl (C=O) groups is 1. The number of pyridine rings is 1. The first-order valence-electron chi connectivity index (χ1n) is 8.81. The number of hydrogen-bond acceptors (Lipinski definition) is 3. The lowest BCUT2D eigenvalue weighted by molar-refractivity contribution is 0.251. The van der Waals surface area contributed by atoms with Crippen LogP contribution in [0, 0.1) is 5.92 Å². The first-order chi connectivity index (χ1) is 11.8. The first kappa shape index (κ1) is 15.2. The molecule has 0 aromatic carbocycles. The Labute approximate surface area is 141 Å². The van der Waals surface area contributed by atoms with Crippen molar-refractivity contribution in [1.29, 1.82) is 0 Å². The highest BCUT2D eigenvalue weighted by Gasteiger charge is 2.18. The van der Waals surface area contributed by atoms with E-state index in [0.29, 0.717) is 12.4 Å². The maximum Gasteiger partial charge on any atom is 0.320 e. The van der Waals surface area contributed by atoms with Crippen molar-refractivity contribution in [1.82, 2.24) is 20.1 Å². The number of nitrogens with one attached hydrogen (secondary N) is 2. The molecule has 4 rings (SSSR count). The third-order valence-corrected chi connectivity index (χ3v) is 4.98. The van der Waals surface area contributed by atoms with Gasteiger partial charge in [-0.05, 0) is 49.7 Å². The lowest BCUT2D eigenvalue weighted by Crippen LogP contribution is -2.28. The van der Waals surface area contributed by atoms with Crippen molar-refractivity contribution < 1.29 is 4.79 Å². The minimum atomic E-state index is -0.229. The Morgan fingerprint density at radius 2 is 2.17 bits per heavy atom. The van der Waals surface area contributed by atoms with E-state index in [0.717, 1.165) is 43.0 Å². The number of aryl methyl sites for hydroxylation is 2. The van der Waals surface area contributed by atoms with Crippen LogP contribution in [-0.2, 0) is 25.9 Å². The van der Waals surface area contributed by atoms with Crippen molar-refractivity contribution in [2.24, 2.45) is 5.92 Å². The number of urea groups is 1. The van der Waals surface area contributed by atoms with Crippen molar-refractivity contribution in [3.63, 3.8) is 0 Å². The standard InChI is InChI=1S/C18H23N5O/c24-18(22-17-8-7-15-5-2-6-16(15)21-17)19-9-14-10-20-23(12-14)11-13-3-1-4-13/h7-8,10,12-13H,1-6,9,11H2,(H2,19,21,22,24). The van der Waals surface area contributed by atoms with Crippen LogP contribution < -0.4 is 10.6 Å². The van der Waals surface area contributed by atoms with Crippen LogP contribution in [-0.4, -0.2) is 20.8 Å². The van der Waals surface area contributed by atoms with E-state index in [2.05, 4.69) is 26.8 Å². The molecule has 1 saturated carbocycles. The number of rotatable bonds is 5. The Balaban J connectivity index is 1.27. The summed E-state index contributed by atoms with van der Waals surface area (Å²) >= 11 is 0. The zero-order chi connectivity index (χ0) is 16.4. The van der Waals surface area contributed by atoms with Gasteiger partial charge in [0, 0.05) is 30.5 Å². The molecule has 2 aliphatic carbocycles. The van der Waals surface area contributed by atoms with Crippen LogP contribution in [0.2, 0.25) is 0 Å². The van der Waals surface area contributed by atoms with Gasteiger partial charge in [-0.15, -0.1) is 0 Å². The van der Waals surface area contributed by atoms with Crippen molar-refractivity contribution in [3.8, 4) is 0 Å². The Bertz CT molecular complexity index is 735. The quantitative estimate of drug-likeness (QED) is 0.888. The van der Waals surface area contributed by atoms with Crippen molar-refractivity contribution >= 4 is 11.8 Å². The molecular formula is C18H23N5O. The van der Waals surface area contributed by atoms with Crippen LogP contribution in [0.4, 0.5) is 10.6 Å². The summed E-state index contributed by atoms with van der Waals surface area (Å²) in [6, 6.07) is 3.71. The third-order valence-electron chi connectivity index (χ3n) is 4.98. The molecule has 2 aromatic rings. The van der Waals surface area contributed by atoms with Gasteiger partial charge < -0.3 is 5.32 Å². The number of amides is 2. The topological polar surface area (TPSA) is 71.8 Å². The Kier molecular flexibility index (Phi) is 4.19. The molecule has 0 atom stereocenters. The molecule has 2 heterocycles. The summed E-state index contributed by atoms with van der Waals surface area (Å²) in [6.45, 7) is 1.46. The predicted molar refractivity (Wildman–Crippen MR) is 91.7 cm³/mol. The Morgan fingerprint density at radius 1 is 1.25 bits per heavy atom. The number of fused-ring (bicyclic) bond motifs is 1. The largest absolute Gasteiger partial charge is 0.334 e. The van der Waals surface area contributed by atoms with Crippen molar-refractivity contribution in [2.75, 3.05) is 5.32 Å². The van der Waals surface area contributed by atoms with Crippen molar-refractivity contribution in [2.45, 2.75) is 51.6 Å². The van der Waals surface area contributed by atoms with Gasteiger partial charge in [-0.25, -0.2) is 9.78 Å².